The number of carboxylic acids is 1. The topological polar surface area (TPSA) is 66.4 Å². The van der Waals surface area contributed by atoms with Gasteiger partial charge in [-0.25, -0.2) is 4.79 Å². The molecule has 0 saturated carbocycles. The molecule has 5 heteroatoms. The van der Waals surface area contributed by atoms with E-state index >= 15 is 0 Å². The number of thiophene rings is 1. The summed E-state index contributed by atoms with van der Waals surface area (Å²) in [5, 5.41) is 12.3. The number of carboxylic acid groups (broad SMARTS) is 1. The molecule has 1 aromatic rings. The lowest BCUT2D eigenvalue weighted by Gasteiger charge is -2.14. The second-order valence-electron chi connectivity index (χ2n) is 4.45. The predicted molar refractivity (Wildman–Crippen MR) is 68.6 cm³/mol. The fourth-order valence-corrected chi connectivity index (χ4v) is 2.21. The quantitative estimate of drug-likeness (QED) is 0.869. The van der Waals surface area contributed by atoms with Gasteiger partial charge in [0.2, 0.25) is 5.91 Å². The molecule has 0 fully saturated rings. The summed E-state index contributed by atoms with van der Waals surface area (Å²) in [5.74, 6) is -0.858. The highest BCUT2D eigenvalue weighted by Gasteiger charge is 2.19. The maximum absolute atomic E-state index is 11.8. The summed E-state index contributed by atoms with van der Waals surface area (Å²) in [7, 11) is 0. The smallest absolute Gasteiger partial charge is 0.346 e. The molecule has 0 aliphatic carbocycles. The third kappa shape index (κ3) is 3.30. The van der Waals surface area contributed by atoms with Crippen molar-refractivity contribution in [1.82, 2.24) is 0 Å². The number of hydrogen-bond donors (Lipinski definition) is 2. The Morgan fingerprint density at radius 3 is 2.35 bits per heavy atom. The van der Waals surface area contributed by atoms with Gasteiger partial charge in [0, 0.05) is 5.92 Å². The van der Waals surface area contributed by atoms with E-state index in [4.69, 9.17) is 5.11 Å². The molecule has 1 aromatic heterocycles. The van der Waals surface area contributed by atoms with Crippen LogP contribution in [0.3, 0.4) is 0 Å². The van der Waals surface area contributed by atoms with E-state index in [0.29, 0.717) is 10.6 Å². The zero-order chi connectivity index (χ0) is 13.2. The number of aromatic carboxylic acids is 1. The molecular weight excluding hydrogens is 238 g/mol. The summed E-state index contributed by atoms with van der Waals surface area (Å²) in [6.07, 6.45) is 0. The number of hydrogen-bond acceptors (Lipinski definition) is 3. The van der Waals surface area contributed by atoms with Crippen LogP contribution in [0.15, 0.2) is 6.07 Å². The highest BCUT2D eigenvalue weighted by molar-refractivity contribution is 7.18. The minimum Gasteiger partial charge on any atom is -0.477 e. The van der Waals surface area contributed by atoms with Crippen molar-refractivity contribution in [3.8, 4) is 0 Å². The van der Waals surface area contributed by atoms with Gasteiger partial charge in [0.25, 0.3) is 0 Å². The SMILES string of the molecule is Cc1cc(NC(=O)C(C)C(C)C)sc1C(=O)O. The Morgan fingerprint density at radius 2 is 1.94 bits per heavy atom. The molecule has 17 heavy (non-hydrogen) atoms. The molecule has 0 aromatic carbocycles. The summed E-state index contributed by atoms with van der Waals surface area (Å²) in [6.45, 7) is 7.54. The average molecular weight is 255 g/mol. The zero-order valence-electron chi connectivity index (χ0n) is 10.4. The van der Waals surface area contributed by atoms with Crippen molar-refractivity contribution in [1.29, 1.82) is 0 Å². The molecule has 1 unspecified atom stereocenters. The minimum atomic E-state index is -0.954. The molecule has 1 heterocycles. The number of carbonyl (C=O) groups excluding carboxylic acids is 1. The maximum Gasteiger partial charge on any atom is 0.346 e. The fraction of sp³-hybridized carbons (Fsp3) is 0.500. The second kappa shape index (κ2) is 5.31. The summed E-state index contributed by atoms with van der Waals surface area (Å²) < 4.78 is 0. The molecule has 0 aliphatic rings. The van der Waals surface area contributed by atoms with E-state index in [1.54, 1.807) is 13.0 Å². The van der Waals surface area contributed by atoms with Crippen molar-refractivity contribution in [2.75, 3.05) is 5.32 Å². The van der Waals surface area contributed by atoms with E-state index in [2.05, 4.69) is 5.32 Å². The van der Waals surface area contributed by atoms with Gasteiger partial charge in [0.05, 0.1) is 5.00 Å². The maximum atomic E-state index is 11.8. The summed E-state index contributed by atoms with van der Waals surface area (Å²) in [6, 6.07) is 1.69. The number of anilines is 1. The molecule has 4 nitrogen and oxygen atoms in total. The lowest BCUT2D eigenvalue weighted by atomic mass is 9.97. The van der Waals surface area contributed by atoms with E-state index in [1.165, 1.54) is 0 Å². The van der Waals surface area contributed by atoms with Crippen LogP contribution in [0, 0.1) is 18.8 Å². The van der Waals surface area contributed by atoms with E-state index in [-0.39, 0.29) is 22.6 Å². The van der Waals surface area contributed by atoms with E-state index in [0.717, 1.165) is 11.3 Å². The Balaban J connectivity index is 2.79. The molecule has 0 saturated heterocycles. The van der Waals surface area contributed by atoms with Crippen LogP contribution in [0.2, 0.25) is 0 Å². The van der Waals surface area contributed by atoms with Gasteiger partial charge in [-0.2, -0.15) is 0 Å². The normalized spacial score (nSPS) is 12.5. The Hall–Kier alpha value is -1.36. The first kappa shape index (κ1) is 13.7. The van der Waals surface area contributed by atoms with Crippen LogP contribution in [0.5, 0.6) is 0 Å². The summed E-state index contributed by atoms with van der Waals surface area (Å²) in [5.41, 5.74) is 0.676. The van der Waals surface area contributed by atoms with Crippen LogP contribution in [0.1, 0.15) is 36.0 Å². The van der Waals surface area contributed by atoms with E-state index < -0.39 is 5.97 Å². The van der Waals surface area contributed by atoms with E-state index in [1.807, 2.05) is 20.8 Å². The van der Waals surface area contributed by atoms with Crippen molar-refractivity contribution in [3.05, 3.63) is 16.5 Å². The van der Waals surface area contributed by atoms with Gasteiger partial charge < -0.3 is 10.4 Å². The van der Waals surface area contributed by atoms with Crippen molar-refractivity contribution in [2.24, 2.45) is 11.8 Å². The Morgan fingerprint density at radius 1 is 1.35 bits per heavy atom. The van der Waals surface area contributed by atoms with Gasteiger partial charge in [-0.05, 0) is 24.5 Å². The van der Waals surface area contributed by atoms with Crippen molar-refractivity contribution < 1.29 is 14.7 Å². The van der Waals surface area contributed by atoms with Crippen LogP contribution in [-0.2, 0) is 4.79 Å². The number of rotatable bonds is 4. The lowest BCUT2D eigenvalue weighted by molar-refractivity contribution is -0.120. The number of carbonyl (C=O) groups is 2. The number of aryl methyl sites for hydroxylation is 1. The number of nitrogens with one attached hydrogen (secondary N) is 1. The molecule has 2 N–H and O–H groups in total. The largest absolute Gasteiger partial charge is 0.477 e. The minimum absolute atomic E-state index is 0.0711. The Kier molecular flexibility index (Phi) is 4.28. The predicted octanol–water partition coefficient (Wildman–Crippen LogP) is 2.99. The van der Waals surface area contributed by atoms with Gasteiger partial charge in [-0.3, -0.25) is 4.79 Å². The first-order valence-electron chi connectivity index (χ1n) is 5.47. The molecule has 0 aliphatic heterocycles. The Bertz CT molecular complexity index is 437. The lowest BCUT2D eigenvalue weighted by Crippen LogP contribution is -2.23. The number of amides is 1. The summed E-state index contributed by atoms with van der Waals surface area (Å²) in [4.78, 5) is 22.9. The van der Waals surface area contributed by atoms with E-state index in [9.17, 15) is 9.59 Å². The first-order chi connectivity index (χ1) is 7.82. The van der Waals surface area contributed by atoms with Crippen molar-refractivity contribution in [2.45, 2.75) is 27.7 Å². The third-order valence-electron chi connectivity index (χ3n) is 2.77. The average Bonchev–Trinajstić information content (AvgIpc) is 2.58. The van der Waals surface area contributed by atoms with Gasteiger partial charge in [-0.15, -0.1) is 11.3 Å². The highest BCUT2D eigenvalue weighted by atomic mass is 32.1. The van der Waals surface area contributed by atoms with Gasteiger partial charge in [0.15, 0.2) is 0 Å². The van der Waals surface area contributed by atoms with Gasteiger partial charge in [-0.1, -0.05) is 20.8 Å². The molecule has 0 radical (unpaired) electrons. The molecule has 94 valence electrons. The van der Waals surface area contributed by atoms with Crippen LogP contribution in [-0.4, -0.2) is 17.0 Å². The zero-order valence-corrected chi connectivity index (χ0v) is 11.2. The van der Waals surface area contributed by atoms with Crippen molar-refractivity contribution in [3.63, 3.8) is 0 Å². The standard InChI is InChI=1S/C12H17NO3S/c1-6(2)8(4)11(14)13-9-5-7(3)10(17-9)12(15)16/h5-6,8H,1-4H3,(H,13,14)(H,15,16). The second-order valence-corrected chi connectivity index (χ2v) is 5.50. The first-order valence-corrected chi connectivity index (χ1v) is 6.29. The fourth-order valence-electron chi connectivity index (χ4n) is 1.29. The van der Waals surface area contributed by atoms with Crippen molar-refractivity contribution >= 4 is 28.2 Å². The highest BCUT2D eigenvalue weighted by Crippen LogP contribution is 2.27. The third-order valence-corrected chi connectivity index (χ3v) is 3.91. The summed E-state index contributed by atoms with van der Waals surface area (Å²) >= 11 is 1.09. The molecule has 1 atom stereocenters. The van der Waals surface area contributed by atoms with Crippen LogP contribution in [0.4, 0.5) is 5.00 Å². The molecule has 0 bridgehead atoms. The Labute approximate surface area is 105 Å². The van der Waals surface area contributed by atoms with Crippen LogP contribution < -0.4 is 5.32 Å². The van der Waals surface area contributed by atoms with Gasteiger partial charge >= 0.3 is 5.97 Å². The molecule has 1 rings (SSSR count). The van der Waals surface area contributed by atoms with Gasteiger partial charge in [0.1, 0.15) is 4.88 Å². The molecule has 1 amide bonds. The van der Waals surface area contributed by atoms with Crippen LogP contribution >= 0.6 is 11.3 Å². The van der Waals surface area contributed by atoms with Crippen LogP contribution in [0.25, 0.3) is 0 Å². The monoisotopic (exact) mass is 255 g/mol. The molecule has 0 spiro atoms. The molecular formula is C12H17NO3S.